The fraction of sp³-hybridized carbons (Fsp3) is 0. The molecule has 3 aromatic rings. The number of benzene rings is 1. The summed E-state index contributed by atoms with van der Waals surface area (Å²) in [4.78, 5) is 11.1. The Morgan fingerprint density at radius 3 is 2.58 bits per heavy atom. The molecule has 2 aromatic heterocycles. The molecule has 3 rings (SSSR count). The van der Waals surface area contributed by atoms with Gasteiger partial charge >= 0.3 is 0 Å². The molecule has 0 aliphatic rings. The molecule has 0 amide bonds. The standard InChI is InChI=1S/C11H7Cl2N5O/c12-6-3-5(4-7(13)8(6)14)11-17-10(18-19-11)9-15-1-2-16-9/h1-4H,14H2,(H,15,16). The number of nitrogens with one attached hydrogen (secondary N) is 1. The van der Waals surface area contributed by atoms with E-state index in [1.165, 1.54) is 0 Å². The Morgan fingerprint density at radius 1 is 1.21 bits per heavy atom. The quantitative estimate of drug-likeness (QED) is 0.709. The van der Waals surface area contributed by atoms with Gasteiger partial charge in [-0.1, -0.05) is 28.4 Å². The zero-order chi connectivity index (χ0) is 13.4. The highest BCUT2D eigenvalue weighted by molar-refractivity contribution is 6.39. The molecule has 6 nitrogen and oxygen atoms in total. The molecule has 0 saturated carbocycles. The number of nitrogen functional groups attached to an aromatic ring is 1. The van der Waals surface area contributed by atoms with Gasteiger partial charge in [0.15, 0.2) is 5.82 Å². The topological polar surface area (TPSA) is 93.6 Å². The average Bonchev–Trinajstić information content (AvgIpc) is 3.05. The molecule has 3 N–H and O–H groups in total. The van der Waals surface area contributed by atoms with Crippen LogP contribution >= 0.6 is 23.2 Å². The Hall–Kier alpha value is -2.05. The molecule has 1 aromatic carbocycles. The Balaban J connectivity index is 2.04. The number of nitrogens with two attached hydrogens (primary N) is 1. The third-order valence-corrected chi connectivity index (χ3v) is 3.09. The van der Waals surface area contributed by atoms with Crippen molar-refractivity contribution in [2.24, 2.45) is 0 Å². The van der Waals surface area contributed by atoms with Crippen molar-refractivity contribution in [3.63, 3.8) is 0 Å². The highest BCUT2D eigenvalue weighted by atomic mass is 35.5. The van der Waals surface area contributed by atoms with Crippen LogP contribution in [0.2, 0.25) is 10.0 Å². The molecular weight excluding hydrogens is 289 g/mol. The normalized spacial score (nSPS) is 10.8. The van der Waals surface area contributed by atoms with Crippen molar-refractivity contribution in [2.45, 2.75) is 0 Å². The fourth-order valence-corrected chi connectivity index (χ4v) is 2.02. The number of halogens is 2. The van der Waals surface area contributed by atoms with Gasteiger partial charge in [-0.25, -0.2) is 4.98 Å². The molecular formula is C11H7Cl2N5O. The molecule has 0 unspecified atom stereocenters. The molecule has 2 heterocycles. The maximum absolute atomic E-state index is 5.96. The molecule has 0 bridgehead atoms. The van der Waals surface area contributed by atoms with Crippen molar-refractivity contribution in [1.29, 1.82) is 0 Å². The van der Waals surface area contributed by atoms with Crippen molar-refractivity contribution in [3.8, 4) is 23.1 Å². The van der Waals surface area contributed by atoms with Crippen LogP contribution in [-0.2, 0) is 0 Å². The second-order valence-electron chi connectivity index (χ2n) is 3.71. The van der Waals surface area contributed by atoms with E-state index in [0.717, 1.165) is 0 Å². The van der Waals surface area contributed by atoms with Crippen LogP contribution in [0.15, 0.2) is 29.0 Å². The Labute approximate surface area is 117 Å². The molecule has 19 heavy (non-hydrogen) atoms. The number of H-pyrrole nitrogens is 1. The predicted molar refractivity (Wildman–Crippen MR) is 71.7 cm³/mol. The Kier molecular flexibility index (Phi) is 2.88. The number of imidazole rings is 1. The van der Waals surface area contributed by atoms with Crippen LogP contribution in [0.5, 0.6) is 0 Å². The lowest BCUT2D eigenvalue weighted by molar-refractivity contribution is 0.432. The summed E-state index contributed by atoms with van der Waals surface area (Å²) in [6, 6.07) is 3.23. The highest BCUT2D eigenvalue weighted by Gasteiger charge is 2.14. The Bertz CT molecular complexity index is 700. The van der Waals surface area contributed by atoms with Crippen LogP contribution < -0.4 is 5.73 Å². The van der Waals surface area contributed by atoms with E-state index in [4.69, 9.17) is 33.5 Å². The fourth-order valence-electron chi connectivity index (χ4n) is 1.53. The summed E-state index contributed by atoms with van der Waals surface area (Å²) in [5.41, 5.74) is 6.58. The van der Waals surface area contributed by atoms with Gasteiger partial charge in [-0.2, -0.15) is 4.98 Å². The largest absolute Gasteiger partial charge is 0.396 e. The highest BCUT2D eigenvalue weighted by Crippen LogP contribution is 2.33. The van der Waals surface area contributed by atoms with Crippen LogP contribution in [0.1, 0.15) is 0 Å². The maximum atomic E-state index is 5.96. The lowest BCUT2D eigenvalue weighted by Crippen LogP contribution is -1.89. The SMILES string of the molecule is Nc1c(Cl)cc(-c2nc(-c3ncc[nH]3)no2)cc1Cl. The summed E-state index contributed by atoms with van der Waals surface area (Å²) >= 11 is 11.9. The molecule has 0 spiro atoms. The zero-order valence-corrected chi connectivity index (χ0v) is 10.9. The van der Waals surface area contributed by atoms with Crippen LogP contribution in [0.25, 0.3) is 23.1 Å². The van der Waals surface area contributed by atoms with Gasteiger partial charge in [0.25, 0.3) is 5.89 Å². The molecule has 0 aliphatic heterocycles. The van der Waals surface area contributed by atoms with Crippen LogP contribution in [0.3, 0.4) is 0 Å². The predicted octanol–water partition coefficient (Wildman–Crippen LogP) is 3.02. The van der Waals surface area contributed by atoms with Gasteiger partial charge in [0, 0.05) is 18.0 Å². The number of rotatable bonds is 2. The van der Waals surface area contributed by atoms with Crippen molar-refractivity contribution in [2.75, 3.05) is 5.73 Å². The van der Waals surface area contributed by atoms with Crippen LogP contribution in [-0.4, -0.2) is 20.1 Å². The number of aromatic nitrogens is 4. The number of hydrogen-bond donors (Lipinski definition) is 2. The number of nitrogens with zero attached hydrogens (tertiary/aromatic N) is 3. The van der Waals surface area contributed by atoms with E-state index >= 15 is 0 Å². The second kappa shape index (κ2) is 4.56. The molecule has 0 saturated heterocycles. The van der Waals surface area contributed by atoms with Gasteiger partial charge in [0.2, 0.25) is 5.82 Å². The smallest absolute Gasteiger partial charge is 0.258 e. The number of anilines is 1. The Morgan fingerprint density at radius 2 is 1.95 bits per heavy atom. The summed E-state index contributed by atoms with van der Waals surface area (Å²) in [5, 5.41) is 4.49. The van der Waals surface area contributed by atoms with E-state index < -0.39 is 0 Å². The summed E-state index contributed by atoms with van der Waals surface area (Å²) in [7, 11) is 0. The van der Waals surface area contributed by atoms with E-state index in [1.807, 2.05) is 0 Å². The van der Waals surface area contributed by atoms with Gasteiger partial charge in [-0.3, -0.25) is 0 Å². The monoisotopic (exact) mass is 295 g/mol. The minimum absolute atomic E-state index is 0.287. The van der Waals surface area contributed by atoms with Gasteiger partial charge in [-0.05, 0) is 12.1 Å². The number of aromatic amines is 1. The molecule has 96 valence electrons. The first-order chi connectivity index (χ1) is 9.15. The maximum Gasteiger partial charge on any atom is 0.258 e. The molecule has 8 heteroatoms. The zero-order valence-electron chi connectivity index (χ0n) is 9.39. The first kappa shape index (κ1) is 12.0. The number of hydrogen-bond acceptors (Lipinski definition) is 5. The molecule has 0 aliphatic carbocycles. The van der Waals surface area contributed by atoms with E-state index in [0.29, 0.717) is 32.9 Å². The minimum Gasteiger partial charge on any atom is -0.396 e. The lowest BCUT2D eigenvalue weighted by atomic mass is 10.2. The minimum atomic E-state index is 0.287. The molecule has 0 radical (unpaired) electrons. The van der Waals surface area contributed by atoms with Gasteiger partial charge in [0.1, 0.15) is 0 Å². The molecule has 0 fully saturated rings. The molecule has 0 atom stereocenters. The third-order valence-electron chi connectivity index (χ3n) is 2.46. The summed E-state index contributed by atoms with van der Waals surface area (Å²) in [5.74, 6) is 1.15. The van der Waals surface area contributed by atoms with Crippen LogP contribution in [0.4, 0.5) is 5.69 Å². The summed E-state index contributed by atoms with van der Waals surface area (Å²) < 4.78 is 5.15. The first-order valence-electron chi connectivity index (χ1n) is 5.23. The van der Waals surface area contributed by atoms with Gasteiger partial charge < -0.3 is 15.2 Å². The van der Waals surface area contributed by atoms with E-state index in [2.05, 4.69) is 20.1 Å². The van der Waals surface area contributed by atoms with Crippen molar-refractivity contribution < 1.29 is 4.52 Å². The lowest BCUT2D eigenvalue weighted by Gasteiger charge is -2.02. The van der Waals surface area contributed by atoms with Gasteiger partial charge in [0.05, 0.1) is 15.7 Å². The third kappa shape index (κ3) is 2.16. The first-order valence-corrected chi connectivity index (χ1v) is 5.99. The second-order valence-corrected chi connectivity index (χ2v) is 4.53. The van der Waals surface area contributed by atoms with E-state index in [-0.39, 0.29) is 5.89 Å². The van der Waals surface area contributed by atoms with Gasteiger partial charge in [-0.15, -0.1) is 0 Å². The van der Waals surface area contributed by atoms with E-state index in [9.17, 15) is 0 Å². The van der Waals surface area contributed by atoms with Crippen molar-refractivity contribution in [1.82, 2.24) is 20.1 Å². The van der Waals surface area contributed by atoms with Crippen LogP contribution in [0, 0.1) is 0 Å². The average molecular weight is 296 g/mol. The summed E-state index contributed by atoms with van der Waals surface area (Å²) in [6.07, 6.45) is 3.27. The summed E-state index contributed by atoms with van der Waals surface area (Å²) in [6.45, 7) is 0. The van der Waals surface area contributed by atoms with E-state index in [1.54, 1.807) is 24.5 Å². The van der Waals surface area contributed by atoms with Crippen molar-refractivity contribution in [3.05, 3.63) is 34.6 Å². The van der Waals surface area contributed by atoms with Crippen molar-refractivity contribution >= 4 is 28.9 Å².